The summed E-state index contributed by atoms with van der Waals surface area (Å²) in [6.07, 6.45) is 8.20. The van der Waals surface area contributed by atoms with E-state index in [-0.39, 0.29) is 23.3 Å². The Morgan fingerprint density at radius 1 is 1.32 bits per heavy atom. The summed E-state index contributed by atoms with van der Waals surface area (Å²) < 4.78 is 5.72. The molecule has 4 nitrogen and oxygen atoms in total. The molecule has 2 atom stereocenters. The Labute approximate surface area is 168 Å². The molecule has 0 amide bonds. The maximum absolute atomic E-state index is 11.3. The molecular formula is C24H33NO3. The first-order valence-electron chi connectivity index (χ1n) is 10.5. The Morgan fingerprint density at radius 3 is 2.75 bits per heavy atom. The molecule has 0 saturated heterocycles. The van der Waals surface area contributed by atoms with Crippen LogP contribution in [0.5, 0.6) is 11.5 Å². The standard InChI is InChI=1S/C24H33NO3/c1-5-6-7-8-17-14-20(26)22(23(27)21(17)24-25-11-12-28-24)19-13-16(4)9-10-18(19)15(2)3/h13-14,18-19,26-27H,2,5-12H2,1,3-4H3. The van der Waals surface area contributed by atoms with Gasteiger partial charge < -0.3 is 14.9 Å². The lowest BCUT2D eigenvalue weighted by Crippen LogP contribution is -2.18. The number of aryl methyl sites for hydroxylation is 1. The molecule has 2 N–H and O–H groups in total. The summed E-state index contributed by atoms with van der Waals surface area (Å²) in [5.41, 5.74) is 4.52. The lowest BCUT2D eigenvalue weighted by molar-refractivity contribution is 0.345. The van der Waals surface area contributed by atoms with Crippen LogP contribution in [0.15, 0.2) is 34.9 Å². The maximum Gasteiger partial charge on any atom is 0.220 e. The van der Waals surface area contributed by atoms with Gasteiger partial charge in [-0.1, -0.05) is 43.6 Å². The van der Waals surface area contributed by atoms with Crippen LogP contribution in [0.1, 0.15) is 75.5 Å². The number of ether oxygens (including phenoxy) is 1. The molecule has 0 radical (unpaired) electrons. The Kier molecular flexibility index (Phi) is 6.48. The predicted octanol–water partition coefficient (Wildman–Crippen LogP) is 5.62. The maximum atomic E-state index is 11.3. The quantitative estimate of drug-likeness (QED) is 0.474. The molecule has 0 spiro atoms. The van der Waals surface area contributed by atoms with Gasteiger partial charge >= 0.3 is 0 Å². The van der Waals surface area contributed by atoms with Gasteiger partial charge in [-0.2, -0.15) is 0 Å². The highest BCUT2D eigenvalue weighted by Crippen LogP contribution is 2.48. The monoisotopic (exact) mass is 383 g/mol. The van der Waals surface area contributed by atoms with Gasteiger partial charge in [0.25, 0.3) is 0 Å². The molecule has 28 heavy (non-hydrogen) atoms. The van der Waals surface area contributed by atoms with Crippen molar-refractivity contribution in [3.05, 3.63) is 46.6 Å². The molecule has 152 valence electrons. The number of unbranched alkanes of at least 4 members (excludes halogenated alkanes) is 2. The van der Waals surface area contributed by atoms with Crippen LogP contribution in [0.3, 0.4) is 0 Å². The number of phenols is 2. The van der Waals surface area contributed by atoms with Gasteiger partial charge in [0.05, 0.1) is 12.1 Å². The zero-order chi connectivity index (χ0) is 20.3. The number of nitrogens with zero attached hydrogens (tertiary/aromatic N) is 1. The van der Waals surface area contributed by atoms with Gasteiger partial charge in [0.2, 0.25) is 5.90 Å². The van der Waals surface area contributed by atoms with Crippen LogP contribution < -0.4 is 0 Å². The first kappa shape index (κ1) is 20.5. The molecule has 1 aliphatic heterocycles. The van der Waals surface area contributed by atoms with Gasteiger partial charge in [-0.25, -0.2) is 4.99 Å². The van der Waals surface area contributed by atoms with Gasteiger partial charge in [0.15, 0.2) is 0 Å². The number of hydrogen-bond acceptors (Lipinski definition) is 4. The Hall–Kier alpha value is -2.23. The van der Waals surface area contributed by atoms with Crippen molar-refractivity contribution in [1.29, 1.82) is 0 Å². The number of allylic oxidation sites excluding steroid dienone is 3. The summed E-state index contributed by atoms with van der Waals surface area (Å²) in [6, 6.07) is 1.82. The zero-order valence-electron chi connectivity index (χ0n) is 17.4. The third kappa shape index (κ3) is 4.11. The predicted molar refractivity (Wildman–Crippen MR) is 114 cm³/mol. The van der Waals surface area contributed by atoms with Gasteiger partial charge in [-0.15, -0.1) is 0 Å². The molecule has 1 heterocycles. The number of rotatable bonds is 7. The summed E-state index contributed by atoms with van der Waals surface area (Å²) in [7, 11) is 0. The van der Waals surface area contributed by atoms with E-state index >= 15 is 0 Å². The van der Waals surface area contributed by atoms with Gasteiger partial charge in [0.1, 0.15) is 18.1 Å². The number of aliphatic imine (C=N–C) groups is 1. The fraction of sp³-hybridized carbons (Fsp3) is 0.542. The minimum absolute atomic E-state index is 0.0864. The van der Waals surface area contributed by atoms with Crippen molar-refractivity contribution in [2.24, 2.45) is 10.9 Å². The largest absolute Gasteiger partial charge is 0.507 e. The third-order valence-corrected chi connectivity index (χ3v) is 5.96. The second-order valence-electron chi connectivity index (χ2n) is 8.21. The summed E-state index contributed by atoms with van der Waals surface area (Å²) >= 11 is 0. The van der Waals surface area contributed by atoms with Crippen molar-refractivity contribution in [2.75, 3.05) is 13.2 Å². The lowest BCUT2D eigenvalue weighted by Gasteiger charge is -2.32. The number of hydrogen-bond donors (Lipinski definition) is 2. The van der Waals surface area contributed by atoms with E-state index in [2.05, 4.69) is 31.5 Å². The summed E-state index contributed by atoms with van der Waals surface area (Å²) in [5.74, 6) is 0.902. The Bertz CT molecular complexity index is 807. The molecule has 2 aliphatic rings. The normalized spacial score (nSPS) is 21.8. The van der Waals surface area contributed by atoms with Crippen molar-refractivity contribution in [3.63, 3.8) is 0 Å². The van der Waals surface area contributed by atoms with Crippen molar-refractivity contribution in [1.82, 2.24) is 0 Å². The minimum atomic E-state index is -0.0864. The van der Waals surface area contributed by atoms with Crippen LogP contribution in [-0.4, -0.2) is 29.3 Å². The van der Waals surface area contributed by atoms with Crippen LogP contribution in [0.2, 0.25) is 0 Å². The van der Waals surface area contributed by atoms with E-state index < -0.39 is 0 Å². The molecule has 1 aromatic carbocycles. The Balaban J connectivity index is 2.12. The van der Waals surface area contributed by atoms with Crippen molar-refractivity contribution < 1.29 is 14.9 Å². The van der Waals surface area contributed by atoms with Crippen LogP contribution in [0.4, 0.5) is 0 Å². The molecule has 0 saturated carbocycles. The van der Waals surface area contributed by atoms with E-state index in [4.69, 9.17) is 4.74 Å². The van der Waals surface area contributed by atoms with E-state index in [1.807, 2.05) is 13.0 Å². The first-order valence-corrected chi connectivity index (χ1v) is 10.5. The fourth-order valence-corrected chi connectivity index (χ4v) is 4.45. The lowest BCUT2D eigenvalue weighted by atomic mass is 9.73. The van der Waals surface area contributed by atoms with Crippen molar-refractivity contribution in [2.45, 2.75) is 65.2 Å². The zero-order valence-corrected chi connectivity index (χ0v) is 17.4. The molecular weight excluding hydrogens is 350 g/mol. The Morgan fingerprint density at radius 2 is 2.11 bits per heavy atom. The van der Waals surface area contributed by atoms with Crippen LogP contribution in [0.25, 0.3) is 0 Å². The SMILES string of the molecule is C=C(C)C1CCC(C)=CC1c1c(O)cc(CCCCC)c(C2=NCCO2)c1O. The van der Waals surface area contributed by atoms with Crippen molar-refractivity contribution in [3.8, 4) is 11.5 Å². The highest BCUT2D eigenvalue weighted by atomic mass is 16.5. The number of benzene rings is 1. The molecule has 4 heteroatoms. The highest BCUT2D eigenvalue weighted by Gasteiger charge is 2.33. The van der Waals surface area contributed by atoms with E-state index in [0.29, 0.717) is 30.2 Å². The third-order valence-electron chi connectivity index (χ3n) is 5.96. The van der Waals surface area contributed by atoms with Crippen LogP contribution in [-0.2, 0) is 11.2 Å². The minimum Gasteiger partial charge on any atom is -0.507 e. The van der Waals surface area contributed by atoms with Crippen LogP contribution in [0, 0.1) is 5.92 Å². The molecule has 0 bridgehead atoms. The first-order chi connectivity index (χ1) is 13.4. The molecule has 1 aliphatic carbocycles. The second kappa shape index (κ2) is 8.85. The average Bonchev–Trinajstić information content (AvgIpc) is 3.15. The molecule has 1 aromatic rings. The molecule has 3 rings (SSSR count). The average molecular weight is 384 g/mol. The van der Waals surface area contributed by atoms with E-state index in [0.717, 1.165) is 49.7 Å². The molecule has 0 fully saturated rings. The van der Waals surface area contributed by atoms with Gasteiger partial charge in [-0.3, -0.25) is 0 Å². The topological polar surface area (TPSA) is 62.1 Å². The highest BCUT2D eigenvalue weighted by molar-refractivity contribution is 6.00. The van der Waals surface area contributed by atoms with E-state index in [1.165, 1.54) is 5.57 Å². The summed E-state index contributed by atoms with van der Waals surface area (Å²) in [4.78, 5) is 4.46. The molecule has 0 aromatic heterocycles. The fourth-order valence-electron chi connectivity index (χ4n) is 4.45. The smallest absolute Gasteiger partial charge is 0.220 e. The second-order valence-corrected chi connectivity index (χ2v) is 8.21. The van der Waals surface area contributed by atoms with E-state index in [1.54, 1.807) is 0 Å². The van der Waals surface area contributed by atoms with E-state index in [9.17, 15) is 10.2 Å². The van der Waals surface area contributed by atoms with Gasteiger partial charge in [-0.05, 0) is 57.1 Å². The molecule has 2 unspecified atom stereocenters. The number of aromatic hydroxyl groups is 2. The number of phenolic OH excluding ortho intramolecular Hbond substituents is 2. The van der Waals surface area contributed by atoms with Gasteiger partial charge in [0, 0.05) is 11.5 Å². The van der Waals surface area contributed by atoms with Crippen LogP contribution >= 0.6 is 0 Å². The summed E-state index contributed by atoms with van der Waals surface area (Å²) in [5, 5.41) is 22.3. The summed E-state index contributed by atoms with van der Waals surface area (Å²) in [6.45, 7) is 11.6. The van der Waals surface area contributed by atoms with Crippen molar-refractivity contribution >= 4 is 5.90 Å².